The lowest BCUT2D eigenvalue weighted by molar-refractivity contribution is 0.168. The molecule has 0 N–H and O–H groups in total. The standard InChI is InChI=1S/C13H27N3O2S/c1-19(17,18)16-12-10-15(11-13-16)9-5-8-14-6-3-2-4-7-14/h2-13H2,1H3. The van der Waals surface area contributed by atoms with Gasteiger partial charge in [0.15, 0.2) is 0 Å². The van der Waals surface area contributed by atoms with Crippen LogP contribution in [0.25, 0.3) is 0 Å². The summed E-state index contributed by atoms with van der Waals surface area (Å²) in [6.45, 7) is 7.91. The van der Waals surface area contributed by atoms with E-state index >= 15 is 0 Å². The van der Waals surface area contributed by atoms with Gasteiger partial charge in [-0.3, -0.25) is 0 Å². The van der Waals surface area contributed by atoms with Gasteiger partial charge in [0.25, 0.3) is 0 Å². The number of piperazine rings is 1. The number of hydrogen-bond donors (Lipinski definition) is 0. The summed E-state index contributed by atoms with van der Waals surface area (Å²) in [7, 11) is -2.99. The van der Waals surface area contributed by atoms with E-state index in [0.717, 1.165) is 19.6 Å². The molecule has 2 heterocycles. The molecular formula is C13H27N3O2S. The highest BCUT2D eigenvalue weighted by Gasteiger charge is 2.23. The third kappa shape index (κ3) is 5.02. The molecule has 0 aromatic carbocycles. The Hall–Kier alpha value is -0.170. The largest absolute Gasteiger partial charge is 0.303 e. The van der Waals surface area contributed by atoms with E-state index in [1.54, 1.807) is 4.31 Å². The van der Waals surface area contributed by atoms with Gasteiger partial charge in [-0.25, -0.2) is 8.42 Å². The molecule has 6 heteroatoms. The maximum atomic E-state index is 11.4. The van der Waals surface area contributed by atoms with E-state index in [9.17, 15) is 8.42 Å². The lowest BCUT2D eigenvalue weighted by atomic mass is 10.1. The molecule has 0 unspecified atom stereocenters. The van der Waals surface area contributed by atoms with E-state index in [4.69, 9.17) is 0 Å². The van der Waals surface area contributed by atoms with E-state index in [-0.39, 0.29) is 0 Å². The molecule has 5 nitrogen and oxygen atoms in total. The van der Waals surface area contributed by atoms with Crippen LogP contribution >= 0.6 is 0 Å². The predicted molar refractivity (Wildman–Crippen MR) is 77.8 cm³/mol. The fraction of sp³-hybridized carbons (Fsp3) is 1.00. The summed E-state index contributed by atoms with van der Waals surface area (Å²) in [5.41, 5.74) is 0. The van der Waals surface area contributed by atoms with Crippen LogP contribution in [0.4, 0.5) is 0 Å². The first-order valence-electron chi connectivity index (χ1n) is 7.45. The van der Waals surface area contributed by atoms with Crippen LogP contribution in [0.5, 0.6) is 0 Å². The molecule has 0 aliphatic carbocycles. The third-order valence-corrected chi connectivity index (χ3v) is 5.50. The molecule has 2 fully saturated rings. The van der Waals surface area contributed by atoms with Crippen LogP contribution in [0, 0.1) is 0 Å². The monoisotopic (exact) mass is 289 g/mol. The molecule has 2 aliphatic rings. The van der Waals surface area contributed by atoms with Gasteiger partial charge >= 0.3 is 0 Å². The fourth-order valence-corrected chi connectivity index (χ4v) is 3.81. The molecule has 2 rings (SSSR count). The van der Waals surface area contributed by atoms with E-state index in [1.807, 2.05) is 0 Å². The van der Waals surface area contributed by atoms with Gasteiger partial charge in [-0.2, -0.15) is 4.31 Å². The number of likely N-dealkylation sites (tertiary alicyclic amines) is 1. The second-order valence-corrected chi connectivity index (χ2v) is 7.74. The van der Waals surface area contributed by atoms with Crippen molar-refractivity contribution in [2.75, 3.05) is 58.6 Å². The first-order chi connectivity index (χ1) is 9.05. The number of nitrogens with zero attached hydrogens (tertiary/aromatic N) is 3. The van der Waals surface area contributed by atoms with Crippen molar-refractivity contribution < 1.29 is 8.42 Å². The molecule has 0 bridgehead atoms. The lowest BCUT2D eigenvalue weighted by Gasteiger charge is -2.34. The summed E-state index contributed by atoms with van der Waals surface area (Å²) < 4.78 is 24.4. The molecule has 2 aliphatic heterocycles. The van der Waals surface area contributed by atoms with Gasteiger partial charge in [0, 0.05) is 26.2 Å². The first-order valence-corrected chi connectivity index (χ1v) is 9.30. The Morgan fingerprint density at radius 3 is 1.84 bits per heavy atom. The van der Waals surface area contributed by atoms with Crippen LogP contribution < -0.4 is 0 Å². The smallest absolute Gasteiger partial charge is 0.211 e. The maximum absolute atomic E-state index is 11.4. The zero-order valence-electron chi connectivity index (χ0n) is 12.1. The molecule has 0 spiro atoms. The van der Waals surface area contributed by atoms with E-state index in [2.05, 4.69) is 9.80 Å². The van der Waals surface area contributed by atoms with Crippen LogP contribution in [0.2, 0.25) is 0 Å². The van der Waals surface area contributed by atoms with Crippen molar-refractivity contribution in [2.24, 2.45) is 0 Å². The molecule has 112 valence electrons. The minimum Gasteiger partial charge on any atom is -0.303 e. The quantitative estimate of drug-likeness (QED) is 0.737. The zero-order chi connectivity index (χ0) is 13.7. The van der Waals surface area contributed by atoms with Gasteiger partial charge in [-0.15, -0.1) is 0 Å². The molecule has 0 saturated carbocycles. The zero-order valence-corrected chi connectivity index (χ0v) is 12.9. The minimum absolute atomic E-state index is 0.655. The first kappa shape index (κ1) is 15.2. The Labute approximate surface area is 117 Å². The van der Waals surface area contributed by atoms with E-state index < -0.39 is 10.0 Å². The number of rotatable bonds is 5. The Bertz CT molecular complexity index is 358. The summed E-state index contributed by atoms with van der Waals surface area (Å²) in [6, 6.07) is 0. The average Bonchev–Trinajstić information content (AvgIpc) is 2.39. The van der Waals surface area contributed by atoms with Crippen molar-refractivity contribution in [2.45, 2.75) is 25.7 Å². The number of piperidine rings is 1. The van der Waals surface area contributed by atoms with Gasteiger partial charge < -0.3 is 9.80 Å². The van der Waals surface area contributed by atoms with Crippen LogP contribution in [-0.2, 0) is 10.0 Å². The fourth-order valence-electron chi connectivity index (χ4n) is 2.99. The highest BCUT2D eigenvalue weighted by Crippen LogP contribution is 2.10. The molecule has 19 heavy (non-hydrogen) atoms. The van der Waals surface area contributed by atoms with Gasteiger partial charge in [0.2, 0.25) is 10.0 Å². The molecule has 0 atom stereocenters. The number of sulfonamides is 1. The highest BCUT2D eigenvalue weighted by molar-refractivity contribution is 7.88. The Morgan fingerprint density at radius 1 is 0.789 bits per heavy atom. The van der Waals surface area contributed by atoms with Gasteiger partial charge in [-0.1, -0.05) is 6.42 Å². The van der Waals surface area contributed by atoms with Crippen LogP contribution in [0.15, 0.2) is 0 Å². The van der Waals surface area contributed by atoms with Crippen molar-refractivity contribution in [3.8, 4) is 0 Å². The van der Waals surface area contributed by atoms with Crippen LogP contribution in [0.3, 0.4) is 0 Å². The summed E-state index contributed by atoms with van der Waals surface area (Å²) in [5, 5.41) is 0. The molecule has 0 amide bonds. The van der Waals surface area contributed by atoms with Gasteiger partial charge in [-0.05, 0) is 45.4 Å². The summed E-state index contributed by atoms with van der Waals surface area (Å²) >= 11 is 0. The summed E-state index contributed by atoms with van der Waals surface area (Å²) in [4.78, 5) is 4.96. The summed E-state index contributed by atoms with van der Waals surface area (Å²) in [6.07, 6.45) is 6.61. The minimum atomic E-state index is -2.99. The van der Waals surface area contributed by atoms with Crippen molar-refractivity contribution in [1.29, 1.82) is 0 Å². The third-order valence-electron chi connectivity index (χ3n) is 4.20. The molecule has 0 aromatic heterocycles. The topological polar surface area (TPSA) is 43.9 Å². The normalized spacial score (nSPS) is 24.7. The van der Waals surface area contributed by atoms with Gasteiger partial charge in [0.1, 0.15) is 0 Å². The van der Waals surface area contributed by atoms with E-state index in [1.165, 1.54) is 51.6 Å². The van der Waals surface area contributed by atoms with Crippen LogP contribution in [-0.4, -0.2) is 81.1 Å². The second-order valence-electron chi connectivity index (χ2n) is 5.76. The highest BCUT2D eigenvalue weighted by atomic mass is 32.2. The molecule has 2 saturated heterocycles. The lowest BCUT2D eigenvalue weighted by Crippen LogP contribution is -2.48. The Morgan fingerprint density at radius 2 is 1.32 bits per heavy atom. The maximum Gasteiger partial charge on any atom is 0.211 e. The molecular weight excluding hydrogens is 262 g/mol. The van der Waals surface area contributed by atoms with E-state index in [0.29, 0.717) is 13.1 Å². The Kier molecular flexibility index (Phi) is 5.62. The van der Waals surface area contributed by atoms with Crippen molar-refractivity contribution in [1.82, 2.24) is 14.1 Å². The van der Waals surface area contributed by atoms with Crippen LogP contribution in [0.1, 0.15) is 25.7 Å². The average molecular weight is 289 g/mol. The molecule has 0 aromatic rings. The van der Waals surface area contributed by atoms with Gasteiger partial charge in [0.05, 0.1) is 6.26 Å². The SMILES string of the molecule is CS(=O)(=O)N1CCN(CCCN2CCCCC2)CC1. The molecule has 0 radical (unpaired) electrons. The summed E-state index contributed by atoms with van der Waals surface area (Å²) in [5.74, 6) is 0. The van der Waals surface area contributed by atoms with Crippen molar-refractivity contribution >= 4 is 10.0 Å². The van der Waals surface area contributed by atoms with Crippen molar-refractivity contribution in [3.63, 3.8) is 0 Å². The van der Waals surface area contributed by atoms with Crippen molar-refractivity contribution in [3.05, 3.63) is 0 Å². The second kappa shape index (κ2) is 7.02. The number of hydrogen-bond acceptors (Lipinski definition) is 4. The Balaban J connectivity index is 1.60. The predicted octanol–water partition coefficient (Wildman–Crippen LogP) is 0.440.